The quantitative estimate of drug-likeness (QED) is 0.665. The SMILES string of the molecule is CC=O.CNc1ccc(Oc2ccc(F)cc2C#N)cc1C=N. The highest BCUT2D eigenvalue weighted by molar-refractivity contribution is 5.86. The van der Waals surface area contributed by atoms with Gasteiger partial charge in [0.15, 0.2) is 0 Å². The Morgan fingerprint density at radius 2 is 2.00 bits per heavy atom. The van der Waals surface area contributed by atoms with Gasteiger partial charge >= 0.3 is 0 Å². The van der Waals surface area contributed by atoms with Crippen LogP contribution in [0.4, 0.5) is 10.1 Å². The Morgan fingerprint density at radius 3 is 2.57 bits per heavy atom. The molecular weight excluding hydrogens is 297 g/mol. The van der Waals surface area contributed by atoms with Gasteiger partial charge in [0.2, 0.25) is 0 Å². The lowest BCUT2D eigenvalue weighted by Gasteiger charge is -2.10. The van der Waals surface area contributed by atoms with E-state index in [0.717, 1.165) is 18.0 Å². The molecule has 6 heteroatoms. The summed E-state index contributed by atoms with van der Waals surface area (Å²) in [6, 6.07) is 10.8. The molecule has 2 aromatic carbocycles. The van der Waals surface area contributed by atoms with Crippen LogP contribution in [0.1, 0.15) is 18.1 Å². The number of aldehydes is 1. The van der Waals surface area contributed by atoms with Gasteiger partial charge in [0, 0.05) is 24.5 Å². The van der Waals surface area contributed by atoms with Gasteiger partial charge in [-0.1, -0.05) is 0 Å². The second-order valence-corrected chi connectivity index (χ2v) is 4.23. The maximum Gasteiger partial charge on any atom is 0.145 e. The van der Waals surface area contributed by atoms with Crippen molar-refractivity contribution in [3.63, 3.8) is 0 Å². The number of nitriles is 1. The number of halogens is 1. The van der Waals surface area contributed by atoms with Crippen molar-refractivity contribution in [2.75, 3.05) is 12.4 Å². The lowest BCUT2D eigenvalue weighted by molar-refractivity contribution is -0.106. The maximum absolute atomic E-state index is 13.0. The van der Waals surface area contributed by atoms with E-state index in [2.05, 4.69) is 5.32 Å². The van der Waals surface area contributed by atoms with Gasteiger partial charge in [0.05, 0.1) is 5.56 Å². The molecule has 0 unspecified atom stereocenters. The van der Waals surface area contributed by atoms with E-state index in [4.69, 9.17) is 20.2 Å². The van der Waals surface area contributed by atoms with Gasteiger partial charge in [0.1, 0.15) is 29.7 Å². The van der Waals surface area contributed by atoms with E-state index in [1.165, 1.54) is 25.3 Å². The standard InChI is InChI=1S/C15H12FN3O.C2H4O/c1-19-14-4-3-13(7-10(14)8-17)20-15-5-2-12(16)6-11(15)9-18;1-2-3/h2-8,17,19H,1H3;2H,1H3. The van der Waals surface area contributed by atoms with Gasteiger partial charge in [-0.3, -0.25) is 0 Å². The van der Waals surface area contributed by atoms with Gasteiger partial charge < -0.3 is 20.3 Å². The molecule has 2 rings (SSSR count). The number of carbonyl (C=O) groups is 1. The van der Waals surface area contributed by atoms with E-state index < -0.39 is 5.82 Å². The molecule has 0 fully saturated rings. The van der Waals surface area contributed by atoms with Crippen molar-refractivity contribution in [1.29, 1.82) is 10.7 Å². The van der Waals surface area contributed by atoms with Crippen LogP contribution < -0.4 is 10.1 Å². The Morgan fingerprint density at radius 1 is 1.30 bits per heavy atom. The molecule has 5 nitrogen and oxygen atoms in total. The first-order valence-corrected chi connectivity index (χ1v) is 6.69. The predicted molar refractivity (Wildman–Crippen MR) is 86.8 cm³/mol. The zero-order valence-electron chi connectivity index (χ0n) is 12.8. The van der Waals surface area contributed by atoms with Crippen LogP contribution in [0.25, 0.3) is 0 Å². The summed E-state index contributed by atoms with van der Waals surface area (Å²) in [7, 11) is 1.76. The highest BCUT2D eigenvalue weighted by atomic mass is 19.1. The number of ether oxygens (including phenoxy) is 1. The minimum absolute atomic E-state index is 0.124. The monoisotopic (exact) mass is 313 g/mol. The van der Waals surface area contributed by atoms with Crippen LogP contribution in [0, 0.1) is 22.6 Å². The van der Waals surface area contributed by atoms with Crippen LogP contribution in [0.3, 0.4) is 0 Å². The van der Waals surface area contributed by atoms with Crippen LogP contribution >= 0.6 is 0 Å². The Bertz CT molecular complexity index is 739. The minimum Gasteiger partial charge on any atom is -0.456 e. The van der Waals surface area contributed by atoms with Crippen molar-refractivity contribution in [1.82, 2.24) is 0 Å². The fourth-order valence-corrected chi connectivity index (χ4v) is 1.76. The van der Waals surface area contributed by atoms with Gasteiger partial charge in [0.25, 0.3) is 0 Å². The summed E-state index contributed by atoms with van der Waals surface area (Å²) in [4.78, 5) is 8.81. The van der Waals surface area contributed by atoms with Crippen molar-refractivity contribution in [2.24, 2.45) is 0 Å². The molecule has 0 spiro atoms. The molecule has 0 aromatic heterocycles. The first-order chi connectivity index (χ1) is 11.1. The van der Waals surface area contributed by atoms with E-state index in [-0.39, 0.29) is 11.3 Å². The molecule has 0 heterocycles. The van der Waals surface area contributed by atoms with Gasteiger partial charge in [-0.25, -0.2) is 4.39 Å². The zero-order valence-corrected chi connectivity index (χ0v) is 12.8. The fourth-order valence-electron chi connectivity index (χ4n) is 1.76. The van der Waals surface area contributed by atoms with Crippen molar-refractivity contribution >= 4 is 18.2 Å². The topological polar surface area (TPSA) is 86.0 Å². The molecule has 0 bridgehead atoms. The third-order valence-electron chi connectivity index (χ3n) is 2.74. The van der Waals surface area contributed by atoms with E-state index in [9.17, 15) is 4.39 Å². The fraction of sp³-hybridized carbons (Fsp3) is 0.118. The molecule has 23 heavy (non-hydrogen) atoms. The van der Waals surface area contributed by atoms with Crippen molar-refractivity contribution in [3.05, 3.63) is 53.3 Å². The summed E-state index contributed by atoms with van der Waals surface area (Å²) < 4.78 is 18.6. The van der Waals surface area contributed by atoms with Crippen LogP contribution in [0.2, 0.25) is 0 Å². The van der Waals surface area contributed by atoms with E-state index in [0.29, 0.717) is 11.3 Å². The van der Waals surface area contributed by atoms with E-state index in [1.54, 1.807) is 25.2 Å². The summed E-state index contributed by atoms with van der Waals surface area (Å²) in [6.07, 6.45) is 1.95. The zero-order chi connectivity index (χ0) is 17.2. The van der Waals surface area contributed by atoms with Crippen molar-refractivity contribution in [3.8, 4) is 17.6 Å². The molecule has 0 radical (unpaired) electrons. The first-order valence-electron chi connectivity index (χ1n) is 6.69. The second kappa shape index (κ2) is 8.95. The third-order valence-corrected chi connectivity index (χ3v) is 2.74. The Labute approximate surface area is 133 Å². The number of anilines is 1. The van der Waals surface area contributed by atoms with Crippen LogP contribution in [-0.2, 0) is 4.79 Å². The number of nitrogens with zero attached hydrogens (tertiary/aromatic N) is 1. The summed E-state index contributed by atoms with van der Waals surface area (Å²) in [5.74, 6) is 0.271. The number of hydrogen-bond acceptors (Lipinski definition) is 5. The number of carbonyl (C=O) groups excluding carboxylic acids is 1. The molecule has 2 aromatic rings. The number of nitrogens with one attached hydrogen (secondary N) is 2. The van der Waals surface area contributed by atoms with E-state index in [1.807, 2.05) is 6.07 Å². The molecule has 0 amide bonds. The van der Waals surface area contributed by atoms with Crippen molar-refractivity contribution < 1.29 is 13.9 Å². The second-order valence-electron chi connectivity index (χ2n) is 4.23. The third kappa shape index (κ3) is 4.93. The van der Waals surface area contributed by atoms with Gasteiger partial charge in [-0.2, -0.15) is 5.26 Å². The van der Waals surface area contributed by atoms with Gasteiger partial charge in [-0.05, 0) is 43.3 Å². The van der Waals surface area contributed by atoms with Crippen LogP contribution in [0.15, 0.2) is 36.4 Å². The number of hydrogen-bond donors (Lipinski definition) is 2. The molecule has 0 saturated carbocycles. The predicted octanol–water partition coefficient (Wildman–Crippen LogP) is 3.73. The molecule has 118 valence electrons. The molecule has 0 saturated heterocycles. The highest BCUT2D eigenvalue weighted by Gasteiger charge is 2.08. The number of benzene rings is 2. The Balaban J connectivity index is 0.000000816. The summed E-state index contributed by atoms with van der Waals surface area (Å²) in [5, 5.41) is 19.3. The summed E-state index contributed by atoms with van der Waals surface area (Å²) in [5.41, 5.74) is 1.58. The maximum atomic E-state index is 13.0. The first kappa shape index (κ1) is 17.9. The van der Waals surface area contributed by atoms with Crippen LogP contribution in [0.5, 0.6) is 11.5 Å². The average molecular weight is 313 g/mol. The normalized spacial score (nSPS) is 8.96. The summed E-state index contributed by atoms with van der Waals surface area (Å²) >= 11 is 0. The molecule has 0 atom stereocenters. The summed E-state index contributed by atoms with van der Waals surface area (Å²) in [6.45, 7) is 1.44. The molecule has 0 aliphatic rings. The minimum atomic E-state index is -0.486. The van der Waals surface area contributed by atoms with Crippen LogP contribution in [-0.4, -0.2) is 19.5 Å². The smallest absolute Gasteiger partial charge is 0.145 e. The van der Waals surface area contributed by atoms with Gasteiger partial charge in [-0.15, -0.1) is 0 Å². The Kier molecular flexibility index (Phi) is 6.95. The molecule has 0 aliphatic heterocycles. The largest absolute Gasteiger partial charge is 0.456 e. The highest BCUT2D eigenvalue weighted by Crippen LogP contribution is 2.28. The lowest BCUT2D eigenvalue weighted by atomic mass is 10.1. The average Bonchev–Trinajstić information content (AvgIpc) is 2.57. The molecule has 0 aliphatic carbocycles. The number of rotatable bonds is 4. The molecule has 2 N–H and O–H groups in total. The Hall–Kier alpha value is -3.20. The van der Waals surface area contributed by atoms with Crippen molar-refractivity contribution in [2.45, 2.75) is 6.92 Å². The molecular formula is C17H16FN3O2. The van der Waals surface area contributed by atoms with E-state index >= 15 is 0 Å². The lowest BCUT2D eigenvalue weighted by Crippen LogP contribution is -1.96.